The number of aromatic nitrogens is 2. The number of carbonyl (C=O) groups is 1. The fourth-order valence-electron chi connectivity index (χ4n) is 3.95. The number of benzene rings is 2. The molecule has 8 heteroatoms. The van der Waals surface area contributed by atoms with Gasteiger partial charge in [0, 0.05) is 42.3 Å². The molecule has 1 amide bonds. The first-order valence-corrected chi connectivity index (χ1v) is 11.7. The molecular formula is C27H31N5O3. The fraction of sp³-hybridized carbons (Fsp3) is 0.296. The van der Waals surface area contributed by atoms with Crippen molar-refractivity contribution in [2.75, 3.05) is 42.8 Å². The van der Waals surface area contributed by atoms with Crippen molar-refractivity contribution in [3.8, 4) is 11.5 Å². The molecule has 2 heterocycles. The zero-order chi connectivity index (χ0) is 24.6. The first-order chi connectivity index (χ1) is 17.0. The molecule has 35 heavy (non-hydrogen) atoms. The van der Waals surface area contributed by atoms with Crippen LogP contribution >= 0.6 is 0 Å². The average Bonchev–Trinajstić information content (AvgIpc) is 2.88. The highest BCUT2D eigenvalue weighted by Gasteiger charge is 2.14. The van der Waals surface area contributed by atoms with Gasteiger partial charge in [-0.15, -0.1) is 0 Å². The Morgan fingerprint density at radius 3 is 2.34 bits per heavy atom. The standard InChI is InChI=1S/C27H31N5O3/c1-19-17-25(31-27(28-19)32-15-5-4-6-16-32)29-21-9-11-22(12-10-21)30-26(33)14-8-20-7-13-23(34-2)24(18-20)35-3/h7-14,17-18H,4-6,15-16H2,1-3H3,(H,30,33)(H,28,29,31)/b14-8+. The van der Waals surface area contributed by atoms with Gasteiger partial charge in [0.1, 0.15) is 5.82 Å². The molecule has 1 saturated heterocycles. The smallest absolute Gasteiger partial charge is 0.248 e. The summed E-state index contributed by atoms with van der Waals surface area (Å²) in [6.45, 7) is 3.98. The Balaban J connectivity index is 1.36. The maximum atomic E-state index is 12.4. The number of hydrogen-bond donors (Lipinski definition) is 2. The van der Waals surface area contributed by atoms with E-state index in [2.05, 4.69) is 20.5 Å². The van der Waals surface area contributed by atoms with Crippen LogP contribution in [0.2, 0.25) is 0 Å². The van der Waals surface area contributed by atoms with Crippen LogP contribution in [0.4, 0.5) is 23.1 Å². The second-order valence-corrected chi connectivity index (χ2v) is 8.38. The third kappa shape index (κ3) is 6.50. The molecule has 1 aliphatic rings. The Kier molecular flexibility index (Phi) is 7.82. The predicted molar refractivity (Wildman–Crippen MR) is 140 cm³/mol. The monoisotopic (exact) mass is 473 g/mol. The fourth-order valence-corrected chi connectivity index (χ4v) is 3.95. The van der Waals surface area contributed by atoms with Crippen LogP contribution in [0.3, 0.4) is 0 Å². The molecule has 3 aromatic rings. The maximum Gasteiger partial charge on any atom is 0.248 e. The lowest BCUT2D eigenvalue weighted by Gasteiger charge is -2.27. The van der Waals surface area contributed by atoms with Gasteiger partial charge in [-0.25, -0.2) is 4.98 Å². The van der Waals surface area contributed by atoms with Gasteiger partial charge >= 0.3 is 0 Å². The van der Waals surface area contributed by atoms with Gasteiger partial charge in [0.05, 0.1) is 14.2 Å². The zero-order valence-electron chi connectivity index (χ0n) is 20.4. The summed E-state index contributed by atoms with van der Waals surface area (Å²) in [5, 5.41) is 6.22. The number of carbonyl (C=O) groups excluding carboxylic acids is 1. The van der Waals surface area contributed by atoms with Crippen LogP contribution in [0.1, 0.15) is 30.5 Å². The average molecular weight is 474 g/mol. The molecule has 8 nitrogen and oxygen atoms in total. The Bertz CT molecular complexity index is 1190. The van der Waals surface area contributed by atoms with Crippen molar-refractivity contribution in [2.24, 2.45) is 0 Å². The predicted octanol–water partition coefficient (Wildman–Crippen LogP) is 5.19. The third-order valence-electron chi connectivity index (χ3n) is 5.74. The van der Waals surface area contributed by atoms with Gasteiger partial charge in [-0.2, -0.15) is 4.98 Å². The molecule has 1 aromatic heterocycles. The van der Waals surface area contributed by atoms with E-state index in [0.717, 1.165) is 41.8 Å². The van der Waals surface area contributed by atoms with Gasteiger partial charge in [0.2, 0.25) is 11.9 Å². The van der Waals surface area contributed by atoms with E-state index in [1.165, 1.54) is 25.3 Å². The number of aryl methyl sites for hydroxylation is 1. The number of ether oxygens (including phenoxy) is 2. The number of hydrogen-bond acceptors (Lipinski definition) is 7. The topological polar surface area (TPSA) is 88.6 Å². The van der Waals surface area contributed by atoms with Crippen molar-refractivity contribution in [3.05, 3.63) is 65.9 Å². The van der Waals surface area contributed by atoms with E-state index in [9.17, 15) is 4.79 Å². The van der Waals surface area contributed by atoms with E-state index in [1.807, 2.05) is 49.4 Å². The van der Waals surface area contributed by atoms with Crippen LogP contribution in [0.25, 0.3) is 6.08 Å². The van der Waals surface area contributed by atoms with E-state index in [-0.39, 0.29) is 5.91 Å². The Hall–Kier alpha value is -4.07. The van der Waals surface area contributed by atoms with E-state index < -0.39 is 0 Å². The lowest BCUT2D eigenvalue weighted by atomic mass is 10.1. The highest BCUT2D eigenvalue weighted by Crippen LogP contribution is 2.28. The van der Waals surface area contributed by atoms with E-state index in [1.54, 1.807) is 26.4 Å². The summed E-state index contributed by atoms with van der Waals surface area (Å²) in [5.41, 5.74) is 3.34. The molecule has 0 unspecified atom stereocenters. The Morgan fingerprint density at radius 2 is 1.63 bits per heavy atom. The molecule has 0 bridgehead atoms. The lowest BCUT2D eigenvalue weighted by Crippen LogP contribution is -2.31. The molecule has 4 rings (SSSR count). The van der Waals surface area contributed by atoms with Crippen molar-refractivity contribution in [3.63, 3.8) is 0 Å². The largest absolute Gasteiger partial charge is 0.493 e. The summed E-state index contributed by atoms with van der Waals surface area (Å²) in [5.74, 6) is 2.56. The maximum absolute atomic E-state index is 12.4. The van der Waals surface area contributed by atoms with Crippen molar-refractivity contribution < 1.29 is 14.3 Å². The highest BCUT2D eigenvalue weighted by atomic mass is 16.5. The van der Waals surface area contributed by atoms with Gasteiger partial charge in [-0.05, 0) is 74.2 Å². The lowest BCUT2D eigenvalue weighted by molar-refractivity contribution is -0.111. The van der Waals surface area contributed by atoms with Crippen LogP contribution < -0.4 is 25.0 Å². The molecule has 1 fully saturated rings. The summed E-state index contributed by atoms with van der Waals surface area (Å²) < 4.78 is 10.5. The number of nitrogens with zero attached hydrogens (tertiary/aromatic N) is 3. The van der Waals surface area contributed by atoms with Gasteiger partial charge in [-0.1, -0.05) is 6.07 Å². The number of anilines is 4. The van der Waals surface area contributed by atoms with Gasteiger partial charge in [-0.3, -0.25) is 4.79 Å². The Labute approximate surface area is 206 Å². The summed E-state index contributed by atoms with van der Waals surface area (Å²) in [7, 11) is 3.17. The van der Waals surface area contributed by atoms with Crippen molar-refractivity contribution in [1.82, 2.24) is 9.97 Å². The third-order valence-corrected chi connectivity index (χ3v) is 5.74. The molecule has 2 N–H and O–H groups in total. The van der Waals surface area contributed by atoms with E-state index >= 15 is 0 Å². The normalized spacial score (nSPS) is 13.5. The van der Waals surface area contributed by atoms with Gasteiger partial charge < -0.3 is 25.0 Å². The number of piperidine rings is 1. The van der Waals surface area contributed by atoms with Crippen molar-refractivity contribution in [1.29, 1.82) is 0 Å². The minimum Gasteiger partial charge on any atom is -0.493 e. The molecule has 1 aliphatic heterocycles. The molecule has 2 aromatic carbocycles. The first kappa shape index (κ1) is 24.1. The molecule has 0 radical (unpaired) electrons. The number of nitrogens with one attached hydrogen (secondary N) is 2. The minimum atomic E-state index is -0.224. The Morgan fingerprint density at radius 1 is 0.914 bits per heavy atom. The van der Waals surface area contributed by atoms with Crippen molar-refractivity contribution in [2.45, 2.75) is 26.2 Å². The molecule has 0 aliphatic carbocycles. The van der Waals surface area contributed by atoms with E-state index in [4.69, 9.17) is 14.5 Å². The minimum absolute atomic E-state index is 0.224. The van der Waals surface area contributed by atoms with Crippen LogP contribution in [0.5, 0.6) is 11.5 Å². The van der Waals surface area contributed by atoms with Crippen LogP contribution in [0.15, 0.2) is 54.6 Å². The summed E-state index contributed by atoms with van der Waals surface area (Å²) >= 11 is 0. The van der Waals surface area contributed by atoms with Gasteiger partial charge in [0.15, 0.2) is 11.5 Å². The van der Waals surface area contributed by atoms with Crippen LogP contribution in [0, 0.1) is 6.92 Å². The number of methoxy groups -OCH3 is 2. The quantitative estimate of drug-likeness (QED) is 0.435. The molecular weight excluding hydrogens is 442 g/mol. The molecule has 0 atom stereocenters. The molecule has 0 saturated carbocycles. The van der Waals surface area contributed by atoms with E-state index in [0.29, 0.717) is 17.2 Å². The second-order valence-electron chi connectivity index (χ2n) is 8.38. The van der Waals surface area contributed by atoms with Crippen molar-refractivity contribution >= 4 is 35.1 Å². The summed E-state index contributed by atoms with van der Waals surface area (Å²) in [6, 6.07) is 14.9. The summed E-state index contributed by atoms with van der Waals surface area (Å²) in [6.07, 6.45) is 6.83. The number of rotatable bonds is 8. The van der Waals surface area contributed by atoms with Crippen LogP contribution in [-0.2, 0) is 4.79 Å². The zero-order valence-corrected chi connectivity index (χ0v) is 20.4. The first-order valence-electron chi connectivity index (χ1n) is 11.7. The summed E-state index contributed by atoms with van der Waals surface area (Å²) in [4.78, 5) is 23.9. The number of amides is 1. The molecule has 0 spiro atoms. The van der Waals surface area contributed by atoms with Crippen LogP contribution in [-0.4, -0.2) is 43.2 Å². The second kappa shape index (κ2) is 11.4. The SMILES string of the molecule is COc1ccc(/C=C/C(=O)Nc2ccc(Nc3cc(C)nc(N4CCCCC4)n3)cc2)cc1OC. The highest BCUT2D eigenvalue weighted by molar-refractivity contribution is 6.02. The molecule has 182 valence electrons. The van der Waals surface area contributed by atoms with Gasteiger partial charge in [0.25, 0.3) is 0 Å².